The monoisotopic (exact) mass is 302 g/mol. The molecule has 0 radical (unpaired) electrons. The third kappa shape index (κ3) is 3.34. The summed E-state index contributed by atoms with van der Waals surface area (Å²) < 4.78 is 48.5. The van der Waals surface area contributed by atoms with E-state index in [2.05, 4.69) is 10.6 Å². The van der Waals surface area contributed by atoms with Crippen molar-refractivity contribution >= 4 is 15.5 Å². The number of alkyl halides is 2. The molecule has 0 fully saturated rings. The molecule has 0 aromatic heterocycles. The molecule has 1 aliphatic rings. The average molecular weight is 302 g/mol. The van der Waals surface area contributed by atoms with Crippen molar-refractivity contribution < 1.29 is 17.2 Å². The summed E-state index contributed by atoms with van der Waals surface area (Å²) >= 11 is 0. The Balaban J connectivity index is 2.18. The van der Waals surface area contributed by atoms with Crippen LogP contribution < -0.4 is 10.6 Å². The molecule has 1 aliphatic heterocycles. The molecule has 1 aromatic carbocycles. The Morgan fingerprint density at radius 2 is 2.05 bits per heavy atom. The van der Waals surface area contributed by atoms with Gasteiger partial charge in [-0.25, -0.2) is 8.42 Å². The standard InChI is InChI=1S/C13H16F2N2O2S/c14-13(15)20(18,19)12-4-2-1-3-11(12)17-9-10-5-7-16-8-6-10/h1-5,13,16-17H,6-9H2. The van der Waals surface area contributed by atoms with Crippen LogP contribution in [0.3, 0.4) is 0 Å². The van der Waals surface area contributed by atoms with Crippen LogP contribution in [0.1, 0.15) is 6.42 Å². The van der Waals surface area contributed by atoms with E-state index in [-0.39, 0.29) is 10.6 Å². The second-order valence-corrected chi connectivity index (χ2v) is 6.36. The molecule has 0 bridgehead atoms. The normalized spacial score (nSPS) is 16.1. The van der Waals surface area contributed by atoms with Crippen molar-refractivity contribution in [2.24, 2.45) is 0 Å². The zero-order valence-electron chi connectivity index (χ0n) is 10.8. The van der Waals surface area contributed by atoms with Gasteiger partial charge in [-0.15, -0.1) is 0 Å². The predicted molar refractivity (Wildman–Crippen MR) is 73.7 cm³/mol. The highest BCUT2D eigenvalue weighted by molar-refractivity contribution is 7.91. The molecule has 1 aromatic rings. The number of benzene rings is 1. The summed E-state index contributed by atoms with van der Waals surface area (Å²) in [5.41, 5.74) is 1.35. The molecule has 0 aliphatic carbocycles. The fourth-order valence-corrected chi connectivity index (χ4v) is 2.90. The number of halogens is 2. The first kappa shape index (κ1) is 14.9. The van der Waals surface area contributed by atoms with E-state index in [0.29, 0.717) is 6.54 Å². The Morgan fingerprint density at radius 3 is 2.70 bits per heavy atom. The van der Waals surface area contributed by atoms with E-state index in [4.69, 9.17) is 0 Å². The first-order valence-corrected chi connectivity index (χ1v) is 7.80. The molecule has 110 valence electrons. The first-order chi connectivity index (χ1) is 9.51. The maximum absolute atomic E-state index is 12.6. The molecule has 0 saturated heterocycles. The molecule has 0 spiro atoms. The summed E-state index contributed by atoms with van der Waals surface area (Å²) in [4.78, 5) is -0.357. The molecule has 0 unspecified atom stereocenters. The third-order valence-electron chi connectivity index (χ3n) is 3.09. The fraction of sp³-hybridized carbons (Fsp3) is 0.385. The summed E-state index contributed by atoms with van der Waals surface area (Å²) in [6.45, 7) is 2.09. The van der Waals surface area contributed by atoms with Gasteiger partial charge < -0.3 is 10.6 Å². The van der Waals surface area contributed by atoms with Crippen molar-refractivity contribution in [1.29, 1.82) is 0 Å². The number of hydrogen-bond acceptors (Lipinski definition) is 4. The smallest absolute Gasteiger partial charge is 0.341 e. The Morgan fingerprint density at radius 1 is 1.30 bits per heavy atom. The van der Waals surface area contributed by atoms with Crippen LogP contribution in [0.2, 0.25) is 0 Å². The van der Waals surface area contributed by atoms with Gasteiger partial charge in [0, 0.05) is 13.1 Å². The van der Waals surface area contributed by atoms with Crippen LogP contribution in [0, 0.1) is 0 Å². The van der Waals surface area contributed by atoms with Crippen LogP contribution >= 0.6 is 0 Å². The fourth-order valence-electron chi connectivity index (χ4n) is 2.00. The van der Waals surface area contributed by atoms with Gasteiger partial charge in [0.15, 0.2) is 0 Å². The second kappa shape index (κ2) is 6.32. The maximum Gasteiger partial charge on any atom is 0.341 e. The molecule has 2 N–H and O–H groups in total. The maximum atomic E-state index is 12.6. The number of hydrogen-bond donors (Lipinski definition) is 2. The summed E-state index contributed by atoms with van der Waals surface area (Å²) in [5, 5.41) is 6.10. The third-order valence-corrected chi connectivity index (χ3v) is 4.53. The van der Waals surface area contributed by atoms with Gasteiger partial charge in [-0.3, -0.25) is 0 Å². The molecular weight excluding hydrogens is 286 g/mol. The van der Waals surface area contributed by atoms with Gasteiger partial charge in [0.25, 0.3) is 0 Å². The highest BCUT2D eigenvalue weighted by Crippen LogP contribution is 2.26. The van der Waals surface area contributed by atoms with E-state index in [1.807, 2.05) is 6.08 Å². The number of para-hydroxylation sites is 1. The minimum Gasteiger partial charge on any atom is -0.380 e. The Labute approximate surface area is 116 Å². The topological polar surface area (TPSA) is 58.2 Å². The van der Waals surface area contributed by atoms with Crippen molar-refractivity contribution in [3.05, 3.63) is 35.9 Å². The lowest BCUT2D eigenvalue weighted by Gasteiger charge is -2.17. The van der Waals surface area contributed by atoms with Crippen LogP contribution in [0.5, 0.6) is 0 Å². The highest BCUT2D eigenvalue weighted by atomic mass is 32.2. The quantitative estimate of drug-likeness (QED) is 0.817. The minimum absolute atomic E-state index is 0.215. The number of rotatable bonds is 5. The van der Waals surface area contributed by atoms with Crippen LogP contribution in [0.25, 0.3) is 0 Å². The van der Waals surface area contributed by atoms with Crippen molar-refractivity contribution in [1.82, 2.24) is 5.32 Å². The lowest BCUT2D eigenvalue weighted by Crippen LogP contribution is -2.23. The van der Waals surface area contributed by atoms with Gasteiger partial charge in [-0.1, -0.05) is 23.8 Å². The second-order valence-electron chi connectivity index (χ2n) is 4.47. The molecule has 4 nitrogen and oxygen atoms in total. The van der Waals surface area contributed by atoms with Gasteiger partial charge in [0.1, 0.15) is 0 Å². The Kier molecular flexibility index (Phi) is 4.72. The zero-order chi connectivity index (χ0) is 14.6. The van der Waals surface area contributed by atoms with Crippen LogP contribution in [0.15, 0.2) is 40.8 Å². The van der Waals surface area contributed by atoms with Gasteiger partial charge >= 0.3 is 5.76 Å². The highest BCUT2D eigenvalue weighted by Gasteiger charge is 2.28. The average Bonchev–Trinajstić information content (AvgIpc) is 2.46. The lowest BCUT2D eigenvalue weighted by molar-refractivity contribution is 0.235. The van der Waals surface area contributed by atoms with Crippen molar-refractivity contribution in [2.45, 2.75) is 17.1 Å². The molecule has 1 heterocycles. The first-order valence-electron chi connectivity index (χ1n) is 6.25. The van der Waals surface area contributed by atoms with E-state index < -0.39 is 15.6 Å². The predicted octanol–water partition coefficient (Wildman–Crippen LogP) is 2.01. The number of anilines is 1. The van der Waals surface area contributed by atoms with Crippen molar-refractivity contribution in [2.75, 3.05) is 25.0 Å². The molecule has 20 heavy (non-hydrogen) atoms. The van der Waals surface area contributed by atoms with Crippen LogP contribution in [-0.2, 0) is 9.84 Å². The molecule has 0 amide bonds. The summed E-state index contributed by atoms with van der Waals surface area (Å²) in [5.74, 6) is -3.41. The summed E-state index contributed by atoms with van der Waals surface area (Å²) in [7, 11) is -4.59. The van der Waals surface area contributed by atoms with Gasteiger partial charge in [0.2, 0.25) is 9.84 Å². The van der Waals surface area contributed by atoms with Gasteiger partial charge in [-0.2, -0.15) is 8.78 Å². The van der Waals surface area contributed by atoms with E-state index in [9.17, 15) is 17.2 Å². The minimum atomic E-state index is -4.59. The SMILES string of the molecule is O=S(=O)(c1ccccc1NCC1=CCNCC1)C(F)F. The molecule has 0 saturated carbocycles. The van der Waals surface area contributed by atoms with Crippen molar-refractivity contribution in [3.63, 3.8) is 0 Å². The molecule has 2 rings (SSSR count). The summed E-state index contributed by atoms with van der Waals surface area (Å²) in [6, 6.07) is 5.74. The van der Waals surface area contributed by atoms with Gasteiger partial charge in [0.05, 0.1) is 10.6 Å². The van der Waals surface area contributed by atoms with Gasteiger partial charge in [-0.05, 0) is 25.1 Å². The van der Waals surface area contributed by atoms with E-state index in [1.54, 1.807) is 6.07 Å². The van der Waals surface area contributed by atoms with E-state index >= 15 is 0 Å². The number of nitrogens with one attached hydrogen (secondary N) is 2. The Bertz CT molecular complexity index is 600. The summed E-state index contributed by atoms with van der Waals surface area (Å²) in [6.07, 6.45) is 2.87. The van der Waals surface area contributed by atoms with Crippen LogP contribution in [0.4, 0.5) is 14.5 Å². The van der Waals surface area contributed by atoms with E-state index in [1.165, 1.54) is 18.2 Å². The Hall–Kier alpha value is -1.47. The van der Waals surface area contributed by atoms with Crippen LogP contribution in [-0.4, -0.2) is 33.8 Å². The number of sulfone groups is 1. The molecular formula is C13H16F2N2O2S. The lowest BCUT2D eigenvalue weighted by atomic mass is 10.1. The largest absolute Gasteiger partial charge is 0.380 e. The molecule has 7 heteroatoms. The molecule has 0 atom stereocenters. The van der Waals surface area contributed by atoms with E-state index in [0.717, 1.165) is 25.1 Å². The zero-order valence-corrected chi connectivity index (χ0v) is 11.6. The van der Waals surface area contributed by atoms with Crippen molar-refractivity contribution in [3.8, 4) is 0 Å².